The minimum atomic E-state index is -3.23. The molecule has 0 saturated heterocycles. The highest BCUT2D eigenvalue weighted by Crippen LogP contribution is 2.20. The quantitative estimate of drug-likeness (QED) is 0.685. The maximum absolute atomic E-state index is 11.7. The van der Waals surface area contributed by atoms with Gasteiger partial charge in [-0.15, -0.1) is 23.2 Å². The summed E-state index contributed by atoms with van der Waals surface area (Å²) in [5, 5.41) is 0. The SMILES string of the molecule is CCS(=O)(=O)N(CCCl)C(C)(C)CCl. The summed E-state index contributed by atoms with van der Waals surface area (Å²) in [7, 11) is -3.23. The maximum Gasteiger partial charge on any atom is 0.214 e. The zero-order valence-electron chi connectivity index (χ0n) is 8.76. The predicted molar refractivity (Wildman–Crippen MR) is 61.7 cm³/mol. The van der Waals surface area contributed by atoms with Crippen LogP contribution in [0.4, 0.5) is 0 Å². The first kappa shape index (κ1) is 14.5. The van der Waals surface area contributed by atoms with Gasteiger partial charge in [-0.05, 0) is 20.8 Å². The Hall–Kier alpha value is 0.490. The van der Waals surface area contributed by atoms with E-state index in [0.29, 0.717) is 6.54 Å². The van der Waals surface area contributed by atoms with E-state index in [1.54, 1.807) is 20.8 Å². The third-order valence-corrected chi connectivity index (χ3v) is 4.89. The van der Waals surface area contributed by atoms with Gasteiger partial charge in [0.25, 0.3) is 0 Å². The molecule has 0 aromatic heterocycles. The first-order chi connectivity index (χ1) is 6.31. The molecule has 6 heteroatoms. The molecule has 0 fully saturated rings. The van der Waals surface area contributed by atoms with Crippen molar-refractivity contribution in [1.82, 2.24) is 4.31 Å². The molecule has 0 amide bonds. The number of nitrogens with zero attached hydrogens (tertiary/aromatic N) is 1. The van der Waals surface area contributed by atoms with E-state index in [-0.39, 0.29) is 17.5 Å². The number of hydrogen-bond donors (Lipinski definition) is 0. The summed E-state index contributed by atoms with van der Waals surface area (Å²) in [5.74, 6) is 0.604. The van der Waals surface area contributed by atoms with Crippen molar-refractivity contribution in [3.63, 3.8) is 0 Å². The Morgan fingerprint density at radius 2 is 1.79 bits per heavy atom. The topological polar surface area (TPSA) is 37.4 Å². The van der Waals surface area contributed by atoms with Crippen molar-refractivity contribution >= 4 is 33.2 Å². The van der Waals surface area contributed by atoms with Crippen LogP contribution in [-0.4, -0.2) is 42.3 Å². The number of rotatable bonds is 6. The summed E-state index contributed by atoms with van der Waals surface area (Å²) in [5.41, 5.74) is -0.578. The second-order valence-electron chi connectivity index (χ2n) is 3.61. The second-order valence-corrected chi connectivity index (χ2v) is 6.43. The minimum absolute atomic E-state index is 0.0736. The van der Waals surface area contributed by atoms with Crippen molar-refractivity contribution in [2.45, 2.75) is 26.3 Å². The van der Waals surface area contributed by atoms with Gasteiger partial charge in [0.1, 0.15) is 0 Å². The summed E-state index contributed by atoms with van der Waals surface area (Å²) in [4.78, 5) is 0. The lowest BCUT2D eigenvalue weighted by atomic mass is 10.1. The van der Waals surface area contributed by atoms with E-state index in [2.05, 4.69) is 0 Å². The Morgan fingerprint density at radius 1 is 1.29 bits per heavy atom. The van der Waals surface area contributed by atoms with Gasteiger partial charge in [-0.1, -0.05) is 0 Å². The van der Waals surface area contributed by atoms with Crippen LogP contribution in [0.3, 0.4) is 0 Å². The standard InChI is InChI=1S/C8H17Cl2NO2S/c1-4-14(12,13)11(6-5-9)8(2,3)7-10/h4-7H2,1-3H3. The molecule has 0 spiro atoms. The van der Waals surface area contributed by atoms with Crippen molar-refractivity contribution in [1.29, 1.82) is 0 Å². The molecule has 0 aromatic rings. The molecule has 0 aliphatic rings. The van der Waals surface area contributed by atoms with Gasteiger partial charge in [-0.25, -0.2) is 8.42 Å². The van der Waals surface area contributed by atoms with E-state index >= 15 is 0 Å². The molecule has 0 aromatic carbocycles. The zero-order chi connectivity index (χ0) is 11.4. The first-order valence-corrected chi connectivity index (χ1v) is 7.12. The van der Waals surface area contributed by atoms with E-state index in [0.717, 1.165) is 0 Å². The van der Waals surface area contributed by atoms with Crippen molar-refractivity contribution in [2.75, 3.05) is 24.1 Å². The van der Waals surface area contributed by atoms with E-state index in [1.165, 1.54) is 4.31 Å². The van der Waals surface area contributed by atoms with Crippen LogP contribution in [0.1, 0.15) is 20.8 Å². The summed E-state index contributed by atoms with van der Waals surface area (Å²) in [6.45, 7) is 5.50. The molecule has 86 valence electrons. The number of sulfonamides is 1. The molecule has 0 aliphatic carbocycles. The van der Waals surface area contributed by atoms with Crippen LogP contribution in [0, 0.1) is 0 Å². The van der Waals surface area contributed by atoms with Crippen molar-refractivity contribution in [3.05, 3.63) is 0 Å². The summed E-state index contributed by atoms with van der Waals surface area (Å²) >= 11 is 11.3. The Kier molecular flexibility index (Phi) is 5.73. The number of alkyl halides is 2. The molecule has 0 saturated carbocycles. The van der Waals surface area contributed by atoms with Crippen molar-refractivity contribution in [3.8, 4) is 0 Å². The Bertz CT molecular complexity index is 265. The van der Waals surface area contributed by atoms with Gasteiger partial charge >= 0.3 is 0 Å². The molecule has 0 heterocycles. The normalized spacial score (nSPS) is 13.6. The first-order valence-electron chi connectivity index (χ1n) is 4.44. The largest absolute Gasteiger partial charge is 0.214 e. The Labute approximate surface area is 96.4 Å². The third-order valence-electron chi connectivity index (χ3n) is 1.99. The predicted octanol–water partition coefficient (Wildman–Crippen LogP) is 1.89. The van der Waals surface area contributed by atoms with E-state index in [9.17, 15) is 8.42 Å². The monoisotopic (exact) mass is 261 g/mol. The summed E-state index contributed by atoms with van der Waals surface area (Å²) in [6, 6.07) is 0. The van der Waals surface area contributed by atoms with Crippen molar-refractivity contribution in [2.24, 2.45) is 0 Å². The van der Waals surface area contributed by atoms with E-state index in [4.69, 9.17) is 23.2 Å². The van der Waals surface area contributed by atoms with Crippen LogP contribution in [0.15, 0.2) is 0 Å². The number of halogens is 2. The molecule has 0 rings (SSSR count). The van der Waals surface area contributed by atoms with Gasteiger partial charge in [-0.2, -0.15) is 4.31 Å². The van der Waals surface area contributed by atoms with Crippen LogP contribution in [-0.2, 0) is 10.0 Å². The molecule has 0 N–H and O–H groups in total. The van der Waals surface area contributed by atoms with E-state index in [1.807, 2.05) is 0 Å². The van der Waals surface area contributed by atoms with Crippen molar-refractivity contribution < 1.29 is 8.42 Å². The van der Waals surface area contributed by atoms with Gasteiger partial charge in [0, 0.05) is 23.8 Å². The lowest BCUT2D eigenvalue weighted by Crippen LogP contribution is -2.50. The van der Waals surface area contributed by atoms with Gasteiger partial charge in [0.2, 0.25) is 10.0 Å². The van der Waals surface area contributed by atoms with Gasteiger partial charge in [-0.3, -0.25) is 0 Å². The molecule has 0 unspecified atom stereocenters. The second kappa shape index (κ2) is 5.54. The van der Waals surface area contributed by atoms with Crippen LogP contribution >= 0.6 is 23.2 Å². The molecule has 0 aliphatic heterocycles. The van der Waals surface area contributed by atoms with Crippen LogP contribution in [0.2, 0.25) is 0 Å². The fraction of sp³-hybridized carbons (Fsp3) is 1.00. The Morgan fingerprint density at radius 3 is 2.07 bits per heavy atom. The van der Waals surface area contributed by atoms with Gasteiger partial charge in [0.05, 0.1) is 5.75 Å². The average Bonchev–Trinajstić information content (AvgIpc) is 2.13. The molecule has 0 radical (unpaired) electrons. The molecule has 3 nitrogen and oxygen atoms in total. The molecule has 0 atom stereocenters. The lowest BCUT2D eigenvalue weighted by molar-refractivity contribution is 0.265. The lowest BCUT2D eigenvalue weighted by Gasteiger charge is -2.35. The maximum atomic E-state index is 11.7. The third kappa shape index (κ3) is 3.57. The average molecular weight is 262 g/mol. The zero-order valence-corrected chi connectivity index (χ0v) is 11.1. The summed E-state index contributed by atoms with van der Waals surface area (Å²) < 4.78 is 24.8. The highest BCUT2D eigenvalue weighted by atomic mass is 35.5. The van der Waals surface area contributed by atoms with E-state index < -0.39 is 15.6 Å². The summed E-state index contributed by atoms with van der Waals surface area (Å²) in [6.07, 6.45) is 0. The van der Waals surface area contributed by atoms with Gasteiger partial charge in [0.15, 0.2) is 0 Å². The fourth-order valence-electron chi connectivity index (χ4n) is 1.12. The molecular formula is C8H17Cl2NO2S. The minimum Gasteiger partial charge on any atom is -0.212 e. The van der Waals surface area contributed by atoms with Crippen LogP contribution in [0.5, 0.6) is 0 Å². The molecular weight excluding hydrogens is 245 g/mol. The highest BCUT2D eigenvalue weighted by molar-refractivity contribution is 7.89. The highest BCUT2D eigenvalue weighted by Gasteiger charge is 2.33. The van der Waals surface area contributed by atoms with Gasteiger partial charge < -0.3 is 0 Å². The Balaban J connectivity index is 4.96. The smallest absolute Gasteiger partial charge is 0.212 e. The van der Waals surface area contributed by atoms with Crippen LogP contribution in [0.25, 0.3) is 0 Å². The molecule has 14 heavy (non-hydrogen) atoms. The molecule has 0 bridgehead atoms. The number of hydrogen-bond acceptors (Lipinski definition) is 2. The fourth-order valence-corrected chi connectivity index (χ4v) is 3.10. The van der Waals surface area contributed by atoms with Crippen LogP contribution < -0.4 is 0 Å².